The van der Waals surface area contributed by atoms with Crippen LogP contribution in [0.5, 0.6) is 0 Å². The van der Waals surface area contributed by atoms with Crippen LogP contribution in [0.25, 0.3) is 0 Å². The topological polar surface area (TPSA) is 41.1 Å². The monoisotopic (exact) mass is 312 g/mol. The predicted octanol–water partition coefficient (Wildman–Crippen LogP) is 3.41. The zero-order valence-corrected chi connectivity index (χ0v) is 12.8. The summed E-state index contributed by atoms with van der Waals surface area (Å²) in [4.78, 5) is 11.7. The summed E-state index contributed by atoms with van der Waals surface area (Å²) in [6, 6.07) is 7.95. The lowest BCUT2D eigenvalue weighted by molar-refractivity contribution is -0.115. The smallest absolute Gasteiger partial charge is 0.238 e. The minimum Gasteiger partial charge on any atom is -0.325 e. The highest BCUT2D eigenvalue weighted by molar-refractivity contribution is 9.10. The molecule has 1 amide bonds. The maximum absolute atomic E-state index is 11.7. The van der Waals surface area contributed by atoms with Gasteiger partial charge in [0.25, 0.3) is 0 Å². The van der Waals surface area contributed by atoms with Crippen molar-refractivity contribution >= 4 is 27.5 Å². The molecule has 18 heavy (non-hydrogen) atoms. The fourth-order valence-corrected chi connectivity index (χ4v) is 2.23. The number of amides is 1. The maximum Gasteiger partial charge on any atom is 0.238 e. The van der Waals surface area contributed by atoms with E-state index in [9.17, 15) is 4.79 Å². The number of anilines is 1. The van der Waals surface area contributed by atoms with Gasteiger partial charge in [-0.15, -0.1) is 0 Å². The van der Waals surface area contributed by atoms with E-state index in [1.54, 1.807) is 0 Å². The number of hydrogen-bond acceptors (Lipinski definition) is 2. The standard InChI is InChI=1S/C14H21BrN2O/c1-10(2)7-11(3)16-9-14(18)17-13-6-4-5-12(15)8-13/h4-6,8,10-11,16H,7,9H2,1-3H3,(H,17,18). The first kappa shape index (κ1) is 15.2. The van der Waals surface area contributed by atoms with Crippen molar-refractivity contribution in [2.75, 3.05) is 11.9 Å². The van der Waals surface area contributed by atoms with E-state index in [-0.39, 0.29) is 5.91 Å². The van der Waals surface area contributed by atoms with Crippen molar-refractivity contribution in [3.8, 4) is 0 Å². The van der Waals surface area contributed by atoms with Crippen LogP contribution in [0.4, 0.5) is 5.69 Å². The van der Waals surface area contributed by atoms with Crippen molar-refractivity contribution in [3.05, 3.63) is 28.7 Å². The first-order valence-corrected chi connectivity index (χ1v) is 7.05. The number of rotatable bonds is 6. The number of halogens is 1. The Hall–Kier alpha value is -0.870. The van der Waals surface area contributed by atoms with Gasteiger partial charge in [-0.25, -0.2) is 0 Å². The van der Waals surface area contributed by atoms with Gasteiger partial charge in [-0.3, -0.25) is 4.79 Å². The van der Waals surface area contributed by atoms with Crippen molar-refractivity contribution in [1.29, 1.82) is 0 Å². The second kappa shape index (κ2) is 7.54. The zero-order valence-electron chi connectivity index (χ0n) is 11.2. The quantitative estimate of drug-likeness (QED) is 0.845. The molecular formula is C14H21BrN2O. The van der Waals surface area contributed by atoms with Gasteiger partial charge in [0.2, 0.25) is 5.91 Å². The number of carbonyl (C=O) groups is 1. The second-order valence-electron chi connectivity index (χ2n) is 4.97. The fourth-order valence-electron chi connectivity index (χ4n) is 1.83. The molecule has 100 valence electrons. The van der Waals surface area contributed by atoms with Crippen LogP contribution in [0.15, 0.2) is 28.7 Å². The van der Waals surface area contributed by atoms with Crippen LogP contribution >= 0.6 is 15.9 Å². The van der Waals surface area contributed by atoms with E-state index in [2.05, 4.69) is 47.3 Å². The Morgan fingerprint density at radius 2 is 2.06 bits per heavy atom. The lowest BCUT2D eigenvalue weighted by Gasteiger charge is -2.15. The van der Waals surface area contributed by atoms with Crippen molar-refractivity contribution in [3.63, 3.8) is 0 Å². The molecule has 4 heteroatoms. The highest BCUT2D eigenvalue weighted by Crippen LogP contribution is 2.15. The van der Waals surface area contributed by atoms with Gasteiger partial charge >= 0.3 is 0 Å². The molecule has 0 aromatic heterocycles. The van der Waals surface area contributed by atoms with Crippen molar-refractivity contribution in [2.24, 2.45) is 5.92 Å². The van der Waals surface area contributed by atoms with Gasteiger partial charge < -0.3 is 10.6 Å². The minimum absolute atomic E-state index is 0.0105. The molecule has 1 rings (SSSR count). The Morgan fingerprint density at radius 3 is 2.67 bits per heavy atom. The molecule has 3 nitrogen and oxygen atoms in total. The summed E-state index contributed by atoms with van der Waals surface area (Å²) in [5, 5.41) is 6.08. The summed E-state index contributed by atoms with van der Waals surface area (Å²) >= 11 is 3.37. The van der Waals surface area contributed by atoms with E-state index < -0.39 is 0 Å². The van der Waals surface area contributed by atoms with Gasteiger partial charge in [-0.2, -0.15) is 0 Å². The van der Waals surface area contributed by atoms with Crippen LogP contribution in [-0.4, -0.2) is 18.5 Å². The molecule has 1 unspecified atom stereocenters. The number of nitrogens with one attached hydrogen (secondary N) is 2. The molecule has 0 saturated carbocycles. The van der Waals surface area contributed by atoms with Crippen LogP contribution in [0.1, 0.15) is 27.2 Å². The Morgan fingerprint density at radius 1 is 1.33 bits per heavy atom. The van der Waals surface area contributed by atoms with E-state index in [4.69, 9.17) is 0 Å². The lowest BCUT2D eigenvalue weighted by Crippen LogP contribution is -2.35. The molecule has 0 aliphatic carbocycles. The minimum atomic E-state index is -0.0105. The third-order valence-electron chi connectivity index (χ3n) is 2.54. The second-order valence-corrected chi connectivity index (χ2v) is 5.89. The van der Waals surface area contributed by atoms with Crippen LogP contribution in [0, 0.1) is 5.92 Å². The highest BCUT2D eigenvalue weighted by atomic mass is 79.9. The number of hydrogen-bond donors (Lipinski definition) is 2. The molecule has 0 bridgehead atoms. The van der Waals surface area contributed by atoms with Crippen LogP contribution in [-0.2, 0) is 4.79 Å². The van der Waals surface area contributed by atoms with Crippen LogP contribution in [0.3, 0.4) is 0 Å². The van der Waals surface area contributed by atoms with Crippen molar-refractivity contribution < 1.29 is 4.79 Å². The molecule has 0 aliphatic heterocycles. The van der Waals surface area contributed by atoms with Crippen LogP contribution < -0.4 is 10.6 Å². The third kappa shape index (κ3) is 6.17. The molecule has 0 radical (unpaired) electrons. The van der Waals surface area contributed by atoms with E-state index in [1.807, 2.05) is 24.3 Å². The van der Waals surface area contributed by atoms with Crippen LogP contribution in [0.2, 0.25) is 0 Å². The highest BCUT2D eigenvalue weighted by Gasteiger charge is 2.07. The molecule has 0 aliphatic rings. The molecule has 1 aromatic rings. The molecular weight excluding hydrogens is 292 g/mol. The van der Waals surface area contributed by atoms with Gasteiger partial charge in [-0.05, 0) is 37.5 Å². The van der Waals surface area contributed by atoms with E-state index in [0.717, 1.165) is 16.6 Å². The SMILES string of the molecule is CC(C)CC(C)NCC(=O)Nc1cccc(Br)c1. The summed E-state index contributed by atoms with van der Waals surface area (Å²) in [6.45, 7) is 6.81. The average Bonchev–Trinajstić information content (AvgIpc) is 2.25. The van der Waals surface area contributed by atoms with Gasteiger partial charge in [0.05, 0.1) is 6.54 Å². The lowest BCUT2D eigenvalue weighted by atomic mass is 10.1. The van der Waals surface area contributed by atoms with E-state index in [1.165, 1.54) is 0 Å². The Labute approximate surface area is 117 Å². The molecule has 0 heterocycles. The zero-order chi connectivity index (χ0) is 13.5. The molecule has 1 atom stereocenters. The summed E-state index contributed by atoms with van der Waals surface area (Å²) in [7, 11) is 0. The first-order chi connectivity index (χ1) is 8.47. The summed E-state index contributed by atoms with van der Waals surface area (Å²) < 4.78 is 0.960. The molecule has 0 spiro atoms. The molecule has 2 N–H and O–H groups in total. The number of benzene rings is 1. The summed E-state index contributed by atoms with van der Waals surface area (Å²) in [5.41, 5.74) is 0.813. The van der Waals surface area contributed by atoms with Gasteiger partial charge in [0, 0.05) is 16.2 Å². The molecule has 1 aromatic carbocycles. The maximum atomic E-state index is 11.7. The Bertz CT molecular complexity index is 393. The fraction of sp³-hybridized carbons (Fsp3) is 0.500. The summed E-state index contributed by atoms with van der Waals surface area (Å²) in [6.07, 6.45) is 1.07. The van der Waals surface area contributed by atoms with Crippen molar-refractivity contribution in [2.45, 2.75) is 33.2 Å². The predicted molar refractivity (Wildman–Crippen MR) is 79.7 cm³/mol. The largest absolute Gasteiger partial charge is 0.325 e. The summed E-state index contributed by atoms with van der Waals surface area (Å²) in [5.74, 6) is 0.629. The van der Waals surface area contributed by atoms with E-state index in [0.29, 0.717) is 18.5 Å². The van der Waals surface area contributed by atoms with Gasteiger partial charge in [0.1, 0.15) is 0 Å². The number of carbonyl (C=O) groups excluding carboxylic acids is 1. The normalized spacial score (nSPS) is 12.5. The first-order valence-electron chi connectivity index (χ1n) is 6.26. The molecule has 0 fully saturated rings. The Balaban J connectivity index is 2.34. The van der Waals surface area contributed by atoms with Gasteiger partial charge in [-0.1, -0.05) is 35.8 Å². The van der Waals surface area contributed by atoms with E-state index >= 15 is 0 Å². The van der Waals surface area contributed by atoms with Gasteiger partial charge in [0.15, 0.2) is 0 Å². The molecule has 0 saturated heterocycles. The Kier molecular flexibility index (Phi) is 6.36. The van der Waals surface area contributed by atoms with Crippen molar-refractivity contribution in [1.82, 2.24) is 5.32 Å². The third-order valence-corrected chi connectivity index (χ3v) is 3.04. The average molecular weight is 313 g/mol.